The lowest BCUT2D eigenvalue weighted by molar-refractivity contribution is -0.135. The van der Waals surface area contributed by atoms with E-state index in [2.05, 4.69) is 4.90 Å². The van der Waals surface area contributed by atoms with E-state index in [0.29, 0.717) is 58.1 Å². The first-order chi connectivity index (χ1) is 16.0. The highest BCUT2D eigenvalue weighted by Gasteiger charge is 2.26. The van der Waals surface area contributed by atoms with E-state index in [1.807, 2.05) is 30.3 Å². The zero-order valence-corrected chi connectivity index (χ0v) is 19.1. The highest BCUT2D eigenvalue weighted by molar-refractivity contribution is 5.78. The van der Waals surface area contributed by atoms with Crippen LogP contribution in [0.15, 0.2) is 54.6 Å². The molecule has 3 rings (SSSR count). The molecule has 0 aromatic heterocycles. The summed E-state index contributed by atoms with van der Waals surface area (Å²) in [7, 11) is 1.62. The number of hydrogen-bond donors (Lipinski definition) is 1. The first kappa shape index (κ1) is 25.1. The van der Waals surface area contributed by atoms with Gasteiger partial charge in [-0.25, -0.2) is 4.39 Å². The van der Waals surface area contributed by atoms with Crippen LogP contribution < -0.4 is 4.74 Å². The van der Waals surface area contributed by atoms with Gasteiger partial charge in [0, 0.05) is 39.8 Å². The smallest absolute Gasteiger partial charge is 0.227 e. The van der Waals surface area contributed by atoms with E-state index in [1.54, 1.807) is 12.0 Å². The Hall–Kier alpha value is -2.52. The molecule has 1 saturated heterocycles. The molecule has 8 heteroatoms. The van der Waals surface area contributed by atoms with Gasteiger partial charge in [0.2, 0.25) is 5.91 Å². The molecule has 0 spiro atoms. The third-order valence-corrected chi connectivity index (χ3v) is 5.49. The SMILES string of the molecule is COCCN(C[C@@H]1CN(C[C@H](O)COc2ccc(F)cc2)CCO1)C(=O)Cc1ccccc1. The predicted molar refractivity (Wildman–Crippen MR) is 123 cm³/mol. The van der Waals surface area contributed by atoms with Crippen LogP contribution in [0.25, 0.3) is 0 Å². The summed E-state index contributed by atoms with van der Waals surface area (Å²) in [5.74, 6) is 0.219. The molecule has 0 unspecified atom stereocenters. The molecule has 1 heterocycles. The van der Waals surface area contributed by atoms with E-state index in [4.69, 9.17) is 14.2 Å². The number of aliphatic hydroxyl groups is 1. The van der Waals surface area contributed by atoms with Crippen molar-refractivity contribution in [3.8, 4) is 5.75 Å². The molecule has 7 nitrogen and oxygen atoms in total. The van der Waals surface area contributed by atoms with Crippen LogP contribution in [-0.2, 0) is 20.7 Å². The number of hydrogen-bond acceptors (Lipinski definition) is 6. The second-order valence-corrected chi connectivity index (χ2v) is 8.17. The number of benzene rings is 2. The highest BCUT2D eigenvalue weighted by Crippen LogP contribution is 2.13. The molecule has 0 saturated carbocycles. The highest BCUT2D eigenvalue weighted by atomic mass is 19.1. The average Bonchev–Trinajstić information content (AvgIpc) is 2.82. The molecular formula is C25H33FN2O5. The summed E-state index contributed by atoms with van der Waals surface area (Å²) in [6.45, 7) is 3.79. The van der Waals surface area contributed by atoms with Crippen molar-refractivity contribution in [2.24, 2.45) is 0 Å². The zero-order chi connectivity index (χ0) is 23.5. The molecule has 1 aliphatic rings. The molecule has 1 amide bonds. The van der Waals surface area contributed by atoms with E-state index in [1.165, 1.54) is 24.3 Å². The van der Waals surface area contributed by atoms with Crippen molar-refractivity contribution < 1.29 is 28.5 Å². The Morgan fingerprint density at radius 3 is 2.73 bits per heavy atom. The fourth-order valence-corrected chi connectivity index (χ4v) is 3.78. The Bertz CT molecular complexity index is 836. The van der Waals surface area contributed by atoms with Crippen LogP contribution in [-0.4, -0.2) is 92.7 Å². The average molecular weight is 461 g/mol. The van der Waals surface area contributed by atoms with Gasteiger partial charge in [0.05, 0.1) is 25.7 Å². The molecule has 2 aromatic rings. The minimum absolute atomic E-state index is 0.0340. The van der Waals surface area contributed by atoms with Gasteiger partial charge in [-0.2, -0.15) is 0 Å². The van der Waals surface area contributed by atoms with Gasteiger partial charge in [0.1, 0.15) is 24.3 Å². The summed E-state index contributed by atoms with van der Waals surface area (Å²) in [6, 6.07) is 15.4. The number of nitrogens with zero attached hydrogens (tertiary/aromatic N) is 2. The van der Waals surface area contributed by atoms with Crippen molar-refractivity contribution in [3.63, 3.8) is 0 Å². The molecule has 2 aromatic carbocycles. The molecule has 1 N–H and O–H groups in total. The maximum atomic E-state index is 13.0. The second-order valence-electron chi connectivity index (χ2n) is 8.17. The number of rotatable bonds is 12. The molecule has 0 radical (unpaired) electrons. The lowest BCUT2D eigenvalue weighted by Gasteiger charge is -2.36. The molecule has 33 heavy (non-hydrogen) atoms. The number of morpholine rings is 1. The predicted octanol–water partition coefficient (Wildman–Crippen LogP) is 1.98. The van der Waals surface area contributed by atoms with Gasteiger partial charge >= 0.3 is 0 Å². The van der Waals surface area contributed by atoms with E-state index >= 15 is 0 Å². The van der Waals surface area contributed by atoms with Gasteiger partial charge in [0.15, 0.2) is 0 Å². The fourth-order valence-electron chi connectivity index (χ4n) is 3.78. The summed E-state index contributed by atoms with van der Waals surface area (Å²) in [6.07, 6.45) is -0.515. The maximum Gasteiger partial charge on any atom is 0.227 e. The van der Waals surface area contributed by atoms with Crippen LogP contribution in [0.2, 0.25) is 0 Å². The molecule has 0 aliphatic carbocycles. The third kappa shape index (κ3) is 8.74. The van der Waals surface area contributed by atoms with Crippen LogP contribution in [0, 0.1) is 5.82 Å². The quantitative estimate of drug-likeness (QED) is 0.522. The number of β-amino-alcohol motifs (C(OH)–C–C–N with tert-alkyl or cyclic N) is 1. The Labute approximate surface area is 194 Å². The van der Waals surface area contributed by atoms with Gasteiger partial charge in [-0.05, 0) is 29.8 Å². The Morgan fingerprint density at radius 1 is 1.24 bits per heavy atom. The minimum atomic E-state index is -0.696. The third-order valence-electron chi connectivity index (χ3n) is 5.49. The number of amides is 1. The molecule has 180 valence electrons. The lowest BCUT2D eigenvalue weighted by atomic mass is 10.1. The van der Waals surface area contributed by atoms with Crippen molar-refractivity contribution in [1.29, 1.82) is 0 Å². The second kappa shape index (κ2) is 13.3. The molecule has 1 fully saturated rings. The molecular weight excluding hydrogens is 427 g/mol. The van der Waals surface area contributed by atoms with Crippen LogP contribution in [0.5, 0.6) is 5.75 Å². The Morgan fingerprint density at radius 2 is 2.00 bits per heavy atom. The van der Waals surface area contributed by atoms with E-state index < -0.39 is 6.10 Å². The zero-order valence-electron chi connectivity index (χ0n) is 19.1. The standard InChI is InChI=1S/C25H33FN2O5/c1-31-13-12-28(25(30)15-20-5-3-2-4-6-20)18-24-17-27(11-14-32-24)16-22(29)19-33-23-9-7-21(26)8-10-23/h2-10,22,24,29H,11-19H2,1H3/t22-,24-/m0/s1. The first-order valence-corrected chi connectivity index (χ1v) is 11.2. The van der Waals surface area contributed by atoms with E-state index in [-0.39, 0.29) is 24.4 Å². The monoisotopic (exact) mass is 460 g/mol. The Kier molecular flexibility index (Phi) is 10.1. The maximum absolute atomic E-state index is 13.0. The summed E-state index contributed by atoms with van der Waals surface area (Å²) in [4.78, 5) is 16.8. The number of aliphatic hydroxyl groups excluding tert-OH is 1. The first-order valence-electron chi connectivity index (χ1n) is 11.2. The summed E-state index contributed by atoms with van der Waals surface area (Å²) >= 11 is 0. The molecule has 2 atom stereocenters. The lowest BCUT2D eigenvalue weighted by Crippen LogP contribution is -2.51. The van der Waals surface area contributed by atoms with E-state index in [9.17, 15) is 14.3 Å². The van der Waals surface area contributed by atoms with Crippen molar-refractivity contribution in [3.05, 3.63) is 66.0 Å². The van der Waals surface area contributed by atoms with Crippen molar-refractivity contribution >= 4 is 5.91 Å². The van der Waals surface area contributed by atoms with Crippen LogP contribution in [0.3, 0.4) is 0 Å². The molecule has 0 bridgehead atoms. The van der Waals surface area contributed by atoms with Crippen molar-refractivity contribution in [2.45, 2.75) is 18.6 Å². The van der Waals surface area contributed by atoms with Gasteiger partial charge in [-0.1, -0.05) is 30.3 Å². The summed E-state index contributed by atoms with van der Waals surface area (Å²) in [5, 5.41) is 10.4. The number of halogens is 1. The van der Waals surface area contributed by atoms with Gasteiger partial charge in [-0.15, -0.1) is 0 Å². The van der Waals surface area contributed by atoms with Crippen molar-refractivity contribution in [1.82, 2.24) is 9.80 Å². The van der Waals surface area contributed by atoms with E-state index in [0.717, 1.165) is 5.56 Å². The van der Waals surface area contributed by atoms with Crippen LogP contribution in [0.4, 0.5) is 4.39 Å². The largest absolute Gasteiger partial charge is 0.491 e. The summed E-state index contributed by atoms with van der Waals surface area (Å²) < 4.78 is 29.7. The van der Waals surface area contributed by atoms with Gasteiger partial charge in [-0.3, -0.25) is 9.69 Å². The van der Waals surface area contributed by atoms with Crippen LogP contribution in [0.1, 0.15) is 5.56 Å². The Balaban J connectivity index is 1.48. The number of carbonyl (C=O) groups is 1. The minimum Gasteiger partial charge on any atom is -0.491 e. The van der Waals surface area contributed by atoms with Crippen molar-refractivity contribution in [2.75, 3.05) is 59.7 Å². The summed E-state index contributed by atoms with van der Waals surface area (Å²) in [5.41, 5.74) is 0.973. The van der Waals surface area contributed by atoms with Gasteiger partial charge in [0.25, 0.3) is 0 Å². The number of ether oxygens (including phenoxy) is 3. The number of carbonyl (C=O) groups excluding carboxylic acids is 1. The fraction of sp³-hybridized carbons (Fsp3) is 0.480. The molecule has 1 aliphatic heterocycles. The van der Waals surface area contributed by atoms with Gasteiger partial charge < -0.3 is 24.2 Å². The van der Waals surface area contributed by atoms with Crippen LogP contribution >= 0.6 is 0 Å². The normalized spacial score (nSPS) is 17.5. The number of methoxy groups -OCH3 is 1. The topological polar surface area (TPSA) is 71.5 Å².